The topological polar surface area (TPSA) is 46.3 Å². The van der Waals surface area contributed by atoms with E-state index >= 15 is 0 Å². The fourth-order valence-corrected chi connectivity index (χ4v) is 3.93. The van der Waals surface area contributed by atoms with Gasteiger partial charge < -0.3 is 4.42 Å². The van der Waals surface area contributed by atoms with E-state index < -0.39 is 0 Å². The lowest BCUT2D eigenvalue weighted by Gasteiger charge is -2.17. The van der Waals surface area contributed by atoms with Crippen LogP contribution in [0.3, 0.4) is 0 Å². The summed E-state index contributed by atoms with van der Waals surface area (Å²) in [4.78, 5) is 19.8. The van der Waals surface area contributed by atoms with E-state index in [1.165, 1.54) is 22.7 Å². The number of hydrogen-bond acceptors (Lipinski definition) is 5. The summed E-state index contributed by atoms with van der Waals surface area (Å²) in [6.45, 7) is 0.365. The summed E-state index contributed by atoms with van der Waals surface area (Å²) in [6, 6.07) is 15.3. The predicted molar refractivity (Wildman–Crippen MR) is 93.2 cm³/mol. The number of hydrogen-bond donors (Lipinski definition) is 0. The van der Waals surface area contributed by atoms with E-state index in [2.05, 4.69) is 4.98 Å². The van der Waals surface area contributed by atoms with E-state index in [1.807, 2.05) is 53.9 Å². The quantitative estimate of drug-likeness (QED) is 0.536. The maximum atomic E-state index is 12.9. The molecule has 0 fully saturated rings. The number of amides is 1. The van der Waals surface area contributed by atoms with Crippen LogP contribution < -0.4 is 4.90 Å². The minimum absolute atomic E-state index is 0.0598. The molecule has 0 spiro atoms. The Balaban J connectivity index is 1.76. The van der Waals surface area contributed by atoms with E-state index in [0.29, 0.717) is 16.6 Å². The fraction of sp³-hybridized carbons (Fsp3) is 0.0588. The van der Waals surface area contributed by atoms with Gasteiger partial charge in [-0.3, -0.25) is 9.69 Å². The summed E-state index contributed by atoms with van der Waals surface area (Å²) in [5.74, 6) is 0.671. The van der Waals surface area contributed by atoms with Gasteiger partial charge >= 0.3 is 0 Å². The summed E-state index contributed by atoms with van der Waals surface area (Å²) in [5, 5.41) is 2.58. The van der Waals surface area contributed by atoms with Gasteiger partial charge in [-0.15, -0.1) is 11.3 Å². The third-order valence-corrected chi connectivity index (χ3v) is 5.30. The van der Waals surface area contributed by atoms with Crippen molar-refractivity contribution < 1.29 is 9.21 Å². The summed E-state index contributed by atoms with van der Waals surface area (Å²) < 4.78 is 6.47. The zero-order valence-electron chi connectivity index (χ0n) is 12.0. The van der Waals surface area contributed by atoms with Crippen molar-refractivity contribution in [2.45, 2.75) is 6.54 Å². The van der Waals surface area contributed by atoms with Crippen molar-refractivity contribution in [2.24, 2.45) is 0 Å². The molecular weight excluding hydrogens is 328 g/mol. The molecule has 4 nitrogen and oxygen atoms in total. The van der Waals surface area contributed by atoms with Gasteiger partial charge in [0, 0.05) is 0 Å². The van der Waals surface area contributed by atoms with Gasteiger partial charge in [0.25, 0.3) is 5.91 Å². The Morgan fingerprint density at radius 1 is 1.13 bits per heavy atom. The van der Waals surface area contributed by atoms with Crippen LogP contribution in [0.1, 0.15) is 15.4 Å². The Hall–Kier alpha value is -2.44. The molecule has 0 aliphatic heterocycles. The smallest absolute Gasteiger partial charge is 0.270 e. The normalized spacial score (nSPS) is 11.0. The van der Waals surface area contributed by atoms with E-state index in [1.54, 1.807) is 11.2 Å². The van der Waals surface area contributed by atoms with Gasteiger partial charge in [0.15, 0.2) is 5.13 Å². The third-order valence-electron chi connectivity index (χ3n) is 3.38. The van der Waals surface area contributed by atoms with Crippen LogP contribution in [0.5, 0.6) is 0 Å². The Labute approximate surface area is 140 Å². The highest BCUT2D eigenvalue weighted by atomic mass is 32.1. The average molecular weight is 340 g/mol. The minimum Gasteiger partial charge on any atom is -0.467 e. The van der Waals surface area contributed by atoms with Crippen LogP contribution >= 0.6 is 22.7 Å². The number of benzene rings is 1. The molecule has 114 valence electrons. The Bertz CT molecular complexity index is 894. The second-order valence-corrected chi connectivity index (χ2v) is 6.87. The molecule has 3 heterocycles. The zero-order valence-corrected chi connectivity index (χ0v) is 13.6. The predicted octanol–water partition coefficient (Wildman–Crippen LogP) is 4.80. The molecule has 0 unspecified atom stereocenters. The summed E-state index contributed by atoms with van der Waals surface area (Å²) in [6.07, 6.45) is 1.61. The number of furan rings is 1. The SMILES string of the molecule is O=C(c1cccs1)N(Cc1ccco1)c1nc2ccccc2s1. The number of aromatic nitrogens is 1. The molecule has 0 bridgehead atoms. The van der Waals surface area contributed by atoms with Crippen LogP contribution in [0, 0.1) is 0 Å². The first-order valence-corrected chi connectivity index (χ1v) is 8.74. The molecule has 3 aromatic heterocycles. The van der Waals surface area contributed by atoms with Crippen molar-refractivity contribution in [3.8, 4) is 0 Å². The Morgan fingerprint density at radius 2 is 2.04 bits per heavy atom. The molecule has 1 amide bonds. The first-order chi connectivity index (χ1) is 11.3. The summed E-state index contributed by atoms with van der Waals surface area (Å²) >= 11 is 2.94. The molecule has 0 aliphatic rings. The van der Waals surface area contributed by atoms with Crippen LogP contribution in [-0.2, 0) is 6.54 Å². The summed E-state index contributed by atoms with van der Waals surface area (Å²) in [7, 11) is 0. The number of fused-ring (bicyclic) bond motifs is 1. The van der Waals surface area contributed by atoms with Gasteiger partial charge in [0.1, 0.15) is 5.76 Å². The highest BCUT2D eigenvalue weighted by Crippen LogP contribution is 2.31. The van der Waals surface area contributed by atoms with Crippen molar-refractivity contribution in [1.29, 1.82) is 0 Å². The number of carbonyl (C=O) groups is 1. The molecule has 0 saturated heterocycles. The lowest BCUT2D eigenvalue weighted by Crippen LogP contribution is -2.29. The number of thiazole rings is 1. The summed E-state index contributed by atoms with van der Waals surface area (Å²) in [5.41, 5.74) is 0.899. The molecule has 6 heteroatoms. The Kier molecular flexibility index (Phi) is 3.69. The van der Waals surface area contributed by atoms with Crippen LogP contribution in [0.2, 0.25) is 0 Å². The van der Waals surface area contributed by atoms with Crippen LogP contribution in [0.25, 0.3) is 10.2 Å². The number of carbonyl (C=O) groups excluding carboxylic acids is 1. The van der Waals surface area contributed by atoms with Crippen molar-refractivity contribution in [3.05, 3.63) is 70.8 Å². The van der Waals surface area contributed by atoms with Crippen LogP contribution in [0.4, 0.5) is 5.13 Å². The molecule has 1 aromatic carbocycles. The molecule has 23 heavy (non-hydrogen) atoms. The van der Waals surface area contributed by atoms with E-state index in [-0.39, 0.29) is 5.91 Å². The molecule has 4 aromatic rings. The van der Waals surface area contributed by atoms with Gasteiger partial charge in [-0.05, 0) is 35.7 Å². The second kappa shape index (κ2) is 5.98. The Morgan fingerprint density at radius 3 is 2.78 bits per heavy atom. The molecule has 0 atom stereocenters. The largest absolute Gasteiger partial charge is 0.467 e. The van der Waals surface area contributed by atoms with E-state index in [4.69, 9.17) is 4.42 Å². The number of para-hydroxylation sites is 1. The standard InChI is InChI=1S/C17H12N2O2S2/c20-16(15-8-4-10-22-15)19(11-12-5-3-9-21-12)17-18-13-6-1-2-7-14(13)23-17/h1-10H,11H2. The van der Waals surface area contributed by atoms with Crippen molar-refractivity contribution in [2.75, 3.05) is 4.90 Å². The maximum absolute atomic E-state index is 12.9. The first-order valence-electron chi connectivity index (χ1n) is 7.04. The average Bonchev–Trinajstić information content (AvgIpc) is 3.32. The number of thiophene rings is 1. The molecule has 0 radical (unpaired) electrons. The molecule has 0 aliphatic carbocycles. The molecule has 0 saturated carbocycles. The lowest BCUT2D eigenvalue weighted by atomic mass is 10.3. The first kappa shape index (κ1) is 14.2. The van der Waals surface area contributed by atoms with Gasteiger partial charge in [-0.2, -0.15) is 0 Å². The van der Waals surface area contributed by atoms with Crippen molar-refractivity contribution in [3.63, 3.8) is 0 Å². The number of rotatable bonds is 4. The second-order valence-electron chi connectivity index (χ2n) is 4.91. The van der Waals surface area contributed by atoms with Gasteiger partial charge in [0.05, 0.1) is 27.9 Å². The number of nitrogens with zero attached hydrogens (tertiary/aromatic N) is 2. The highest BCUT2D eigenvalue weighted by Gasteiger charge is 2.23. The van der Waals surface area contributed by atoms with E-state index in [9.17, 15) is 4.79 Å². The van der Waals surface area contributed by atoms with Crippen molar-refractivity contribution in [1.82, 2.24) is 4.98 Å². The third kappa shape index (κ3) is 2.78. The lowest BCUT2D eigenvalue weighted by molar-refractivity contribution is 0.0987. The van der Waals surface area contributed by atoms with Gasteiger partial charge in [-0.25, -0.2) is 4.98 Å². The van der Waals surface area contributed by atoms with Crippen LogP contribution in [-0.4, -0.2) is 10.9 Å². The minimum atomic E-state index is -0.0598. The number of anilines is 1. The highest BCUT2D eigenvalue weighted by molar-refractivity contribution is 7.22. The van der Waals surface area contributed by atoms with Crippen molar-refractivity contribution >= 4 is 43.9 Å². The fourth-order valence-electron chi connectivity index (χ4n) is 2.29. The van der Waals surface area contributed by atoms with Gasteiger partial charge in [0.2, 0.25) is 0 Å². The molecule has 0 N–H and O–H groups in total. The maximum Gasteiger partial charge on any atom is 0.270 e. The molecular formula is C17H12N2O2S2. The monoisotopic (exact) mass is 340 g/mol. The van der Waals surface area contributed by atoms with Crippen LogP contribution in [0.15, 0.2) is 64.6 Å². The zero-order chi connectivity index (χ0) is 15.6. The van der Waals surface area contributed by atoms with Gasteiger partial charge in [-0.1, -0.05) is 29.5 Å². The van der Waals surface area contributed by atoms with E-state index in [0.717, 1.165) is 16.0 Å². The molecule has 4 rings (SSSR count).